The highest BCUT2D eigenvalue weighted by atomic mass is 79.9. The number of hydrogen-bond acceptors (Lipinski definition) is 7. The smallest absolute Gasteiger partial charge is 0.264 e. The Morgan fingerprint density at radius 2 is 1.90 bits per heavy atom. The van der Waals surface area contributed by atoms with Gasteiger partial charge in [0.25, 0.3) is 10.0 Å². The molecule has 1 aromatic carbocycles. The minimum absolute atomic E-state index is 0.0829. The van der Waals surface area contributed by atoms with E-state index in [9.17, 15) is 8.42 Å². The molecular formula is C11H12BrN5O3S. The Morgan fingerprint density at radius 3 is 2.48 bits per heavy atom. The fourth-order valence-corrected chi connectivity index (χ4v) is 2.88. The van der Waals surface area contributed by atoms with Crippen LogP contribution in [0.5, 0.6) is 5.75 Å². The van der Waals surface area contributed by atoms with Crippen LogP contribution in [0.1, 0.15) is 0 Å². The van der Waals surface area contributed by atoms with Gasteiger partial charge in [-0.2, -0.15) is 0 Å². The zero-order chi connectivity index (χ0) is 15.5. The lowest BCUT2D eigenvalue weighted by molar-refractivity contribution is 0.415. The van der Waals surface area contributed by atoms with Gasteiger partial charge in [-0.05, 0) is 12.1 Å². The maximum absolute atomic E-state index is 12.2. The number of nitrogens with one attached hydrogen (secondary N) is 2. The molecule has 0 aliphatic heterocycles. The van der Waals surface area contributed by atoms with Crippen LogP contribution in [0.3, 0.4) is 0 Å². The first-order chi connectivity index (χ1) is 9.94. The molecule has 0 fully saturated rings. The first kappa shape index (κ1) is 15.5. The Hall–Kier alpha value is -1.91. The number of halogens is 1. The lowest BCUT2D eigenvalue weighted by Gasteiger charge is -2.10. The highest BCUT2D eigenvalue weighted by molar-refractivity contribution is 9.10. The van der Waals surface area contributed by atoms with Crippen molar-refractivity contribution >= 4 is 37.6 Å². The van der Waals surface area contributed by atoms with Crippen LogP contribution in [-0.2, 0) is 10.0 Å². The average molecular weight is 374 g/mol. The molecule has 0 aliphatic carbocycles. The van der Waals surface area contributed by atoms with Crippen molar-refractivity contribution in [3.63, 3.8) is 0 Å². The largest absolute Gasteiger partial charge is 0.497 e. The maximum Gasteiger partial charge on any atom is 0.264 e. The van der Waals surface area contributed by atoms with Gasteiger partial charge in [0.1, 0.15) is 10.6 Å². The van der Waals surface area contributed by atoms with E-state index in [0.29, 0.717) is 15.9 Å². The number of rotatable bonds is 5. The van der Waals surface area contributed by atoms with Gasteiger partial charge >= 0.3 is 0 Å². The number of ether oxygens (including phenoxy) is 1. The minimum atomic E-state index is -3.80. The molecule has 0 saturated heterocycles. The van der Waals surface area contributed by atoms with Gasteiger partial charge in [-0.25, -0.2) is 24.2 Å². The molecule has 0 aliphatic rings. The molecule has 0 bridgehead atoms. The molecule has 0 radical (unpaired) electrons. The van der Waals surface area contributed by atoms with Crippen molar-refractivity contribution in [2.24, 2.45) is 5.84 Å². The fourth-order valence-electron chi connectivity index (χ4n) is 1.48. The summed E-state index contributed by atoms with van der Waals surface area (Å²) in [5, 5.41) is 0. The van der Waals surface area contributed by atoms with Gasteiger partial charge in [-0.1, -0.05) is 15.9 Å². The average Bonchev–Trinajstić information content (AvgIpc) is 2.46. The van der Waals surface area contributed by atoms with Crippen LogP contribution >= 0.6 is 15.9 Å². The molecule has 0 unspecified atom stereocenters. The van der Waals surface area contributed by atoms with E-state index in [1.807, 2.05) is 0 Å². The summed E-state index contributed by atoms with van der Waals surface area (Å²) in [4.78, 5) is 7.43. The van der Waals surface area contributed by atoms with E-state index in [1.54, 1.807) is 18.2 Å². The van der Waals surface area contributed by atoms with Gasteiger partial charge in [0.05, 0.1) is 25.2 Å². The normalized spacial score (nSPS) is 11.0. The SMILES string of the molecule is COc1cc(Br)cc(NS(=O)(=O)c2cnc(NN)nc2)c1. The van der Waals surface area contributed by atoms with Gasteiger partial charge in [-0.15, -0.1) is 0 Å². The topological polar surface area (TPSA) is 119 Å². The summed E-state index contributed by atoms with van der Waals surface area (Å²) in [6.07, 6.45) is 2.31. The molecule has 0 spiro atoms. The van der Waals surface area contributed by atoms with Gasteiger partial charge in [0.2, 0.25) is 5.95 Å². The molecule has 0 atom stereocenters. The zero-order valence-electron chi connectivity index (χ0n) is 10.9. The standard InChI is InChI=1S/C11H12BrN5O3S/c1-20-9-3-7(12)2-8(4-9)17-21(18,19)10-5-14-11(16-13)15-6-10/h2-6,17H,13H2,1H3,(H,14,15,16). The minimum Gasteiger partial charge on any atom is -0.497 e. The summed E-state index contributed by atoms with van der Waals surface area (Å²) in [5.41, 5.74) is 2.57. The van der Waals surface area contributed by atoms with Crippen molar-refractivity contribution in [2.45, 2.75) is 4.90 Å². The van der Waals surface area contributed by atoms with Gasteiger partial charge in [-0.3, -0.25) is 10.1 Å². The van der Waals surface area contributed by atoms with E-state index < -0.39 is 10.0 Å². The number of hydrogen-bond donors (Lipinski definition) is 3. The third kappa shape index (κ3) is 3.80. The highest BCUT2D eigenvalue weighted by Gasteiger charge is 2.16. The second kappa shape index (κ2) is 6.24. The van der Waals surface area contributed by atoms with Crippen LogP contribution in [0.15, 0.2) is 40.0 Å². The third-order valence-electron chi connectivity index (χ3n) is 2.43. The molecular weight excluding hydrogens is 362 g/mol. The van der Waals surface area contributed by atoms with Crippen molar-refractivity contribution in [1.82, 2.24) is 9.97 Å². The number of methoxy groups -OCH3 is 1. The van der Waals surface area contributed by atoms with E-state index in [2.05, 4.69) is 36.0 Å². The summed E-state index contributed by atoms with van der Waals surface area (Å²) in [7, 11) is -2.31. The van der Waals surface area contributed by atoms with E-state index in [0.717, 1.165) is 12.4 Å². The van der Waals surface area contributed by atoms with Crippen molar-refractivity contribution in [3.8, 4) is 5.75 Å². The van der Waals surface area contributed by atoms with Crippen LogP contribution in [0.2, 0.25) is 0 Å². The number of sulfonamides is 1. The molecule has 8 nitrogen and oxygen atoms in total. The van der Waals surface area contributed by atoms with Crippen molar-refractivity contribution in [1.29, 1.82) is 0 Å². The summed E-state index contributed by atoms with van der Waals surface area (Å²) in [6, 6.07) is 4.87. The lowest BCUT2D eigenvalue weighted by atomic mass is 10.3. The first-order valence-electron chi connectivity index (χ1n) is 5.60. The van der Waals surface area contributed by atoms with Crippen LogP contribution in [-0.4, -0.2) is 25.5 Å². The molecule has 2 rings (SSSR count). The first-order valence-corrected chi connectivity index (χ1v) is 7.88. The van der Waals surface area contributed by atoms with Crippen LogP contribution in [0, 0.1) is 0 Å². The van der Waals surface area contributed by atoms with E-state index in [1.165, 1.54) is 7.11 Å². The number of hydrazine groups is 1. The van der Waals surface area contributed by atoms with Crippen molar-refractivity contribution in [3.05, 3.63) is 35.1 Å². The molecule has 10 heteroatoms. The molecule has 4 N–H and O–H groups in total. The van der Waals surface area contributed by atoms with E-state index >= 15 is 0 Å². The zero-order valence-corrected chi connectivity index (χ0v) is 13.3. The maximum atomic E-state index is 12.2. The molecule has 1 aromatic heterocycles. The van der Waals surface area contributed by atoms with E-state index in [4.69, 9.17) is 10.6 Å². The van der Waals surface area contributed by atoms with Gasteiger partial charge in [0.15, 0.2) is 0 Å². The number of nitrogens with zero attached hydrogens (tertiary/aromatic N) is 2. The second-order valence-corrected chi connectivity index (χ2v) is 6.47. The summed E-state index contributed by atoms with van der Waals surface area (Å²) in [5.74, 6) is 5.76. The summed E-state index contributed by atoms with van der Waals surface area (Å²) >= 11 is 3.27. The summed E-state index contributed by atoms with van der Waals surface area (Å²) in [6.45, 7) is 0. The fraction of sp³-hybridized carbons (Fsp3) is 0.0909. The van der Waals surface area contributed by atoms with Crippen LogP contribution in [0.25, 0.3) is 0 Å². The van der Waals surface area contributed by atoms with Crippen molar-refractivity contribution in [2.75, 3.05) is 17.3 Å². The van der Waals surface area contributed by atoms with E-state index in [-0.39, 0.29) is 10.8 Å². The molecule has 0 saturated carbocycles. The number of aromatic nitrogens is 2. The summed E-state index contributed by atoms with van der Waals surface area (Å²) < 4.78 is 32.6. The quantitative estimate of drug-likeness (QED) is 0.534. The van der Waals surface area contributed by atoms with Crippen LogP contribution in [0.4, 0.5) is 11.6 Å². The molecule has 1 heterocycles. The Balaban J connectivity index is 2.30. The molecule has 2 aromatic rings. The predicted octanol–water partition coefficient (Wildman–Crippen LogP) is 1.33. The number of anilines is 2. The lowest BCUT2D eigenvalue weighted by Crippen LogP contribution is -2.15. The Kier molecular flexibility index (Phi) is 4.60. The van der Waals surface area contributed by atoms with Crippen LogP contribution < -0.4 is 20.7 Å². The van der Waals surface area contributed by atoms with Crippen molar-refractivity contribution < 1.29 is 13.2 Å². The Bertz CT molecular complexity index is 736. The number of nitrogen functional groups attached to an aromatic ring is 1. The second-order valence-electron chi connectivity index (χ2n) is 3.87. The third-order valence-corrected chi connectivity index (χ3v) is 4.22. The Labute approximate surface area is 129 Å². The van der Waals surface area contributed by atoms with Gasteiger partial charge in [0, 0.05) is 10.5 Å². The monoisotopic (exact) mass is 373 g/mol. The predicted molar refractivity (Wildman–Crippen MR) is 81.3 cm³/mol. The molecule has 21 heavy (non-hydrogen) atoms. The molecule has 0 amide bonds. The highest BCUT2D eigenvalue weighted by Crippen LogP contribution is 2.26. The number of benzene rings is 1. The van der Waals surface area contributed by atoms with Gasteiger partial charge < -0.3 is 4.74 Å². The Morgan fingerprint density at radius 1 is 1.24 bits per heavy atom. The number of nitrogens with two attached hydrogens (primary N) is 1. The molecule has 112 valence electrons.